The van der Waals surface area contributed by atoms with Crippen molar-refractivity contribution in [3.8, 4) is 0 Å². The molecule has 0 aliphatic carbocycles. The second-order valence-electron chi connectivity index (χ2n) is 15.6. The Bertz CT molecular complexity index is 1790. The molecule has 0 saturated carbocycles. The molecule has 312 valence electrons. The Labute approximate surface area is 341 Å². The number of hydrogen-bond donors (Lipinski definition) is 5. The van der Waals surface area contributed by atoms with E-state index in [0.717, 1.165) is 42.4 Å². The van der Waals surface area contributed by atoms with Crippen molar-refractivity contribution in [3.63, 3.8) is 0 Å². The first kappa shape index (κ1) is 44.9. The van der Waals surface area contributed by atoms with Crippen LogP contribution in [0.2, 0.25) is 0 Å². The van der Waals surface area contributed by atoms with E-state index in [0.29, 0.717) is 13.0 Å². The SMILES string of the molecule is CN1C(=O)C[C@H](C(=O)NCCNC(=O)[C@H](Cc2ccccc2)NC(=O)[C@H](Cc2ccccc2)NC(=O)CCCCCCCNC(=O)OC(C)(C)C)[C@H]1c1cccnc1. The first-order chi connectivity index (χ1) is 27.8. The van der Waals surface area contributed by atoms with Crippen molar-refractivity contribution in [2.75, 3.05) is 26.7 Å². The number of ether oxygens (including phenoxy) is 1. The number of amides is 6. The molecular weight excluding hydrogens is 739 g/mol. The Morgan fingerprint density at radius 1 is 0.741 bits per heavy atom. The quantitative estimate of drug-likeness (QED) is 0.0995. The minimum atomic E-state index is -0.971. The topological polar surface area (TPSA) is 188 Å². The van der Waals surface area contributed by atoms with Crippen molar-refractivity contribution in [3.05, 3.63) is 102 Å². The van der Waals surface area contributed by atoms with Gasteiger partial charge in [-0.2, -0.15) is 0 Å². The molecule has 0 unspecified atom stereocenters. The van der Waals surface area contributed by atoms with Gasteiger partial charge in [0.15, 0.2) is 0 Å². The highest BCUT2D eigenvalue weighted by atomic mass is 16.6. The summed E-state index contributed by atoms with van der Waals surface area (Å²) in [5, 5.41) is 14.2. The molecule has 6 amide bonds. The highest BCUT2D eigenvalue weighted by Crippen LogP contribution is 2.36. The minimum Gasteiger partial charge on any atom is -0.444 e. The highest BCUT2D eigenvalue weighted by Gasteiger charge is 2.42. The Balaban J connectivity index is 1.30. The molecule has 14 nitrogen and oxygen atoms in total. The number of aromatic nitrogens is 1. The van der Waals surface area contributed by atoms with E-state index < -0.39 is 47.6 Å². The third-order valence-electron chi connectivity index (χ3n) is 9.77. The first-order valence-corrected chi connectivity index (χ1v) is 20.2. The van der Waals surface area contributed by atoms with Gasteiger partial charge in [0, 0.05) is 64.8 Å². The zero-order valence-corrected chi connectivity index (χ0v) is 34.1. The Kier molecular flexibility index (Phi) is 17.7. The molecule has 0 bridgehead atoms. The van der Waals surface area contributed by atoms with E-state index >= 15 is 0 Å². The van der Waals surface area contributed by atoms with Crippen LogP contribution in [0.25, 0.3) is 0 Å². The van der Waals surface area contributed by atoms with E-state index in [9.17, 15) is 28.8 Å². The van der Waals surface area contributed by atoms with Gasteiger partial charge in [-0.15, -0.1) is 0 Å². The van der Waals surface area contributed by atoms with Crippen LogP contribution in [-0.4, -0.2) is 89.9 Å². The number of alkyl carbamates (subject to hydrolysis) is 1. The number of pyridine rings is 1. The molecule has 4 atom stereocenters. The molecule has 58 heavy (non-hydrogen) atoms. The lowest BCUT2D eigenvalue weighted by atomic mass is 9.94. The van der Waals surface area contributed by atoms with E-state index in [1.165, 1.54) is 0 Å². The molecule has 1 aromatic heterocycles. The van der Waals surface area contributed by atoms with Gasteiger partial charge in [-0.25, -0.2) is 4.79 Å². The fraction of sp³-hybridized carbons (Fsp3) is 0.477. The molecule has 0 spiro atoms. The molecule has 3 aromatic rings. The molecule has 2 heterocycles. The standard InChI is InChI=1S/C44H59N7O7/c1-44(2,3)58-43(57)48-24-15-7-5-6-14-22-37(52)49-36(28-32-19-12-9-13-20-32)42(56)50-35(27-31-17-10-8-11-18-31)41(55)47-26-25-46-40(54)34-29-38(53)51(4)39(34)33-21-16-23-45-30-33/h8-13,16-21,23,30,34-36,39H,5-7,14-15,22,24-29H2,1-4H3,(H,46,54)(H,47,55)(H,48,57)(H,49,52)(H,50,56)/t34-,35-,36-,39+/m0/s1. The number of carbonyl (C=O) groups is 6. The lowest BCUT2D eigenvalue weighted by molar-refractivity contribution is -0.132. The van der Waals surface area contributed by atoms with Crippen LogP contribution >= 0.6 is 0 Å². The van der Waals surface area contributed by atoms with Crippen LogP contribution in [0.3, 0.4) is 0 Å². The molecule has 1 aliphatic rings. The van der Waals surface area contributed by atoms with Crippen LogP contribution in [-0.2, 0) is 41.6 Å². The van der Waals surface area contributed by atoms with Gasteiger partial charge in [0.2, 0.25) is 29.5 Å². The van der Waals surface area contributed by atoms with Crippen LogP contribution in [0, 0.1) is 5.92 Å². The zero-order valence-electron chi connectivity index (χ0n) is 34.1. The number of nitrogens with zero attached hydrogens (tertiary/aromatic N) is 2. The average Bonchev–Trinajstić information content (AvgIpc) is 3.50. The third-order valence-corrected chi connectivity index (χ3v) is 9.77. The number of benzene rings is 2. The van der Waals surface area contributed by atoms with Gasteiger partial charge < -0.3 is 36.2 Å². The highest BCUT2D eigenvalue weighted by molar-refractivity contribution is 5.93. The van der Waals surface area contributed by atoms with Crippen LogP contribution < -0.4 is 26.6 Å². The fourth-order valence-electron chi connectivity index (χ4n) is 6.84. The normalized spacial score (nSPS) is 16.1. The van der Waals surface area contributed by atoms with Gasteiger partial charge >= 0.3 is 6.09 Å². The van der Waals surface area contributed by atoms with E-state index in [1.807, 2.05) is 87.5 Å². The summed E-state index contributed by atoms with van der Waals surface area (Å²) in [6, 6.07) is 19.9. The summed E-state index contributed by atoms with van der Waals surface area (Å²) in [4.78, 5) is 84.1. The van der Waals surface area contributed by atoms with Crippen molar-refractivity contribution in [1.29, 1.82) is 0 Å². The van der Waals surface area contributed by atoms with Gasteiger partial charge in [0.25, 0.3) is 0 Å². The van der Waals surface area contributed by atoms with Crippen LogP contribution in [0.15, 0.2) is 85.2 Å². The molecule has 4 rings (SSSR count). The van der Waals surface area contributed by atoms with Crippen molar-refractivity contribution in [2.24, 2.45) is 5.92 Å². The van der Waals surface area contributed by atoms with E-state index in [4.69, 9.17) is 4.74 Å². The van der Waals surface area contributed by atoms with Crippen molar-refractivity contribution >= 4 is 35.6 Å². The molecule has 0 radical (unpaired) electrons. The molecule has 5 N–H and O–H groups in total. The summed E-state index contributed by atoms with van der Waals surface area (Å²) in [5.41, 5.74) is 1.90. The maximum absolute atomic E-state index is 13.9. The van der Waals surface area contributed by atoms with Crippen molar-refractivity contribution in [1.82, 2.24) is 36.5 Å². The van der Waals surface area contributed by atoms with Gasteiger partial charge in [-0.3, -0.25) is 29.0 Å². The predicted octanol–water partition coefficient (Wildman–Crippen LogP) is 4.15. The van der Waals surface area contributed by atoms with Gasteiger partial charge in [-0.1, -0.05) is 86.0 Å². The summed E-state index contributed by atoms with van der Waals surface area (Å²) in [5.74, 6) is -2.25. The van der Waals surface area contributed by atoms with Gasteiger partial charge in [0.05, 0.1) is 12.0 Å². The zero-order chi connectivity index (χ0) is 41.9. The maximum atomic E-state index is 13.9. The summed E-state index contributed by atoms with van der Waals surface area (Å²) in [6.45, 7) is 6.16. The number of carbonyl (C=O) groups excluding carboxylic acids is 6. The Hall–Kier alpha value is -5.79. The number of unbranched alkanes of at least 4 members (excludes halogenated alkanes) is 4. The molecule has 14 heteroatoms. The summed E-state index contributed by atoms with van der Waals surface area (Å²) >= 11 is 0. The van der Waals surface area contributed by atoms with Crippen LogP contribution in [0.4, 0.5) is 4.79 Å². The predicted molar refractivity (Wildman–Crippen MR) is 220 cm³/mol. The molecule has 1 saturated heterocycles. The number of rotatable bonds is 21. The third kappa shape index (κ3) is 15.3. The Morgan fingerprint density at radius 3 is 1.97 bits per heavy atom. The molecule has 1 fully saturated rings. The Morgan fingerprint density at radius 2 is 1.34 bits per heavy atom. The average molecular weight is 798 g/mol. The number of hydrogen-bond acceptors (Lipinski definition) is 8. The maximum Gasteiger partial charge on any atom is 0.407 e. The number of likely N-dealkylation sites (tertiary alicyclic amines) is 1. The summed E-state index contributed by atoms with van der Waals surface area (Å²) < 4.78 is 5.25. The van der Waals surface area contributed by atoms with Crippen LogP contribution in [0.1, 0.15) is 88.4 Å². The van der Waals surface area contributed by atoms with E-state index in [1.54, 1.807) is 30.4 Å². The number of nitrogens with one attached hydrogen (secondary N) is 5. The van der Waals surface area contributed by atoms with Crippen LogP contribution in [0.5, 0.6) is 0 Å². The summed E-state index contributed by atoms with van der Waals surface area (Å²) in [6.07, 6.45) is 7.61. The smallest absolute Gasteiger partial charge is 0.407 e. The molecule has 2 aromatic carbocycles. The van der Waals surface area contributed by atoms with Gasteiger partial charge in [-0.05, 0) is 56.4 Å². The lowest BCUT2D eigenvalue weighted by Gasteiger charge is -2.25. The lowest BCUT2D eigenvalue weighted by Crippen LogP contribution is -2.55. The molecule has 1 aliphatic heterocycles. The second-order valence-corrected chi connectivity index (χ2v) is 15.6. The van der Waals surface area contributed by atoms with E-state index in [2.05, 4.69) is 31.6 Å². The molecular formula is C44H59N7O7. The van der Waals surface area contributed by atoms with Crippen molar-refractivity contribution in [2.45, 2.75) is 102 Å². The fourth-order valence-corrected chi connectivity index (χ4v) is 6.84. The largest absolute Gasteiger partial charge is 0.444 e. The summed E-state index contributed by atoms with van der Waals surface area (Å²) in [7, 11) is 1.67. The van der Waals surface area contributed by atoms with Gasteiger partial charge in [0.1, 0.15) is 17.7 Å². The van der Waals surface area contributed by atoms with E-state index in [-0.39, 0.29) is 56.5 Å². The van der Waals surface area contributed by atoms with Crippen molar-refractivity contribution < 1.29 is 33.5 Å². The monoisotopic (exact) mass is 797 g/mol. The minimum absolute atomic E-state index is 0.0662. The second kappa shape index (κ2) is 22.8. The first-order valence-electron chi connectivity index (χ1n) is 20.2.